The fourth-order valence-corrected chi connectivity index (χ4v) is 1.87. The van der Waals surface area contributed by atoms with Gasteiger partial charge in [0.25, 0.3) is 0 Å². The summed E-state index contributed by atoms with van der Waals surface area (Å²) in [6.07, 6.45) is 4.77. The Morgan fingerprint density at radius 2 is 1.94 bits per heavy atom. The zero-order chi connectivity index (χ0) is 13.6. The van der Waals surface area contributed by atoms with Crippen molar-refractivity contribution < 1.29 is 14.3 Å². The highest BCUT2D eigenvalue weighted by Gasteiger charge is 2.25. The number of carbonyl (C=O) groups is 1. The van der Waals surface area contributed by atoms with E-state index >= 15 is 0 Å². The molecule has 0 saturated heterocycles. The second kappa shape index (κ2) is 6.52. The van der Waals surface area contributed by atoms with Crippen LogP contribution in [0.4, 0.5) is 0 Å². The van der Waals surface area contributed by atoms with Gasteiger partial charge in [-0.1, -0.05) is 33.6 Å². The number of rotatable bonds is 8. The number of aliphatic carboxylic acids is 1. The lowest BCUT2D eigenvalue weighted by Gasteiger charge is -2.19. The molecular formula is C13H22N2O3. The standard InChI is InChI=1S/C13H22N2O3/c1-4-5-6-7-10-14-15-11(18-10)8-13(2,3)9-12(16)17/h4-9H2,1-3H3,(H,16,17). The average molecular weight is 254 g/mol. The van der Waals surface area contributed by atoms with Crippen molar-refractivity contribution in [2.24, 2.45) is 5.41 Å². The Hall–Kier alpha value is -1.39. The molecule has 0 aliphatic rings. The fraction of sp³-hybridized carbons (Fsp3) is 0.769. The zero-order valence-corrected chi connectivity index (χ0v) is 11.4. The van der Waals surface area contributed by atoms with E-state index in [0.717, 1.165) is 25.7 Å². The third kappa shape index (κ3) is 5.29. The molecule has 0 aromatic carbocycles. The van der Waals surface area contributed by atoms with Crippen molar-refractivity contribution in [3.8, 4) is 0 Å². The van der Waals surface area contributed by atoms with Gasteiger partial charge >= 0.3 is 5.97 Å². The van der Waals surface area contributed by atoms with Gasteiger partial charge in [0.1, 0.15) is 0 Å². The molecule has 102 valence electrons. The average Bonchev–Trinajstić information content (AvgIpc) is 2.63. The van der Waals surface area contributed by atoms with Gasteiger partial charge in [0, 0.05) is 12.8 Å². The summed E-state index contributed by atoms with van der Waals surface area (Å²) in [7, 11) is 0. The van der Waals surface area contributed by atoms with Crippen molar-refractivity contribution in [2.45, 2.75) is 59.3 Å². The summed E-state index contributed by atoms with van der Waals surface area (Å²) in [6.45, 7) is 5.93. The number of carboxylic acid groups (broad SMARTS) is 1. The molecule has 0 aliphatic carbocycles. The number of unbranched alkanes of at least 4 members (excludes halogenated alkanes) is 2. The van der Waals surface area contributed by atoms with Crippen LogP contribution in [0, 0.1) is 5.41 Å². The largest absolute Gasteiger partial charge is 0.481 e. The summed E-state index contributed by atoms with van der Waals surface area (Å²) in [5.74, 6) is 0.389. The van der Waals surface area contributed by atoms with E-state index in [1.807, 2.05) is 13.8 Å². The number of hydrogen-bond donors (Lipinski definition) is 1. The van der Waals surface area contributed by atoms with Crippen LogP contribution in [0.15, 0.2) is 4.42 Å². The molecule has 0 spiro atoms. The van der Waals surface area contributed by atoms with Crippen LogP contribution in [0.25, 0.3) is 0 Å². The highest BCUT2D eigenvalue weighted by Crippen LogP contribution is 2.25. The van der Waals surface area contributed by atoms with Gasteiger partial charge in [-0.3, -0.25) is 4.79 Å². The normalized spacial score (nSPS) is 11.7. The molecule has 5 nitrogen and oxygen atoms in total. The Labute approximate surface area is 108 Å². The predicted octanol–water partition coefficient (Wildman–Crippen LogP) is 2.85. The van der Waals surface area contributed by atoms with Crippen LogP contribution in [0.2, 0.25) is 0 Å². The Bertz CT molecular complexity index is 385. The first kappa shape index (κ1) is 14.7. The maximum absolute atomic E-state index is 10.7. The maximum Gasteiger partial charge on any atom is 0.303 e. The summed E-state index contributed by atoms with van der Waals surface area (Å²) < 4.78 is 5.53. The van der Waals surface area contributed by atoms with Gasteiger partial charge in [-0.2, -0.15) is 0 Å². The molecule has 1 N–H and O–H groups in total. The van der Waals surface area contributed by atoms with Crippen molar-refractivity contribution in [3.05, 3.63) is 11.8 Å². The van der Waals surface area contributed by atoms with E-state index in [1.165, 1.54) is 0 Å². The minimum atomic E-state index is -0.803. The van der Waals surface area contributed by atoms with E-state index in [4.69, 9.17) is 9.52 Å². The number of nitrogens with zero attached hydrogens (tertiary/aromatic N) is 2. The van der Waals surface area contributed by atoms with E-state index in [-0.39, 0.29) is 11.8 Å². The first-order valence-electron chi connectivity index (χ1n) is 6.46. The second-order valence-electron chi connectivity index (χ2n) is 5.46. The first-order chi connectivity index (χ1) is 8.43. The van der Waals surface area contributed by atoms with Crippen LogP contribution < -0.4 is 0 Å². The molecule has 1 aromatic heterocycles. The van der Waals surface area contributed by atoms with Gasteiger partial charge in [0.05, 0.1) is 6.42 Å². The predicted molar refractivity (Wildman–Crippen MR) is 67.3 cm³/mol. The third-order valence-corrected chi connectivity index (χ3v) is 2.76. The monoisotopic (exact) mass is 254 g/mol. The lowest BCUT2D eigenvalue weighted by Crippen LogP contribution is -2.19. The molecule has 18 heavy (non-hydrogen) atoms. The molecule has 0 atom stereocenters. The van der Waals surface area contributed by atoms with Crippen molar-refractivity contribution in [2.75, 3.05) is 0 Å². The van der Waals surface area contributed by atoms with Crippen LogP contribution in [0.3, 0.4) is 0 Å². The first-order valence-corrected chi connectivity index (χ1v) is 6.46. The van der Waals surface area contributed by atoms with Crippen molar-refractivity contribution in [1.29, 1.82) is 0 Å². The third-order valence-electron chi connectivity index (χ3n) is 2.76. The summed E-state index contributed by atoms with van der Waals surface area (Å²) in [4.78, 5) is 10.7. The molecule has 0 aliphatic heterocycles. The van der Waals surface area contributed by atoms with Gasteiger partial charge in [-0.15, -0.1) is 10.2 Å². The van der Waals surface area contributed by atoms with Crippen molar-refractivity contribution >= 4 is 5.97 Å². The SMILES string of the molecule is CCCCCc1nnc(CC(C)(C)CC(=O)O)o1. The van der Waals surface area contributed by atoms with Crippen LogP contribution in [0.5, 0.6) is 0 Å². The van der Waals surface area contributed by atoms with Crippen LogP contribution >= 0.6 is 0 Å². The molecule has 5 heteroatoms. The van der Waals surface area contributed by atoms with E-state index in [2.05, 4.69) is 17.1 Å². The van der Waals surface area contributed by atoms with Crippen molar-refractivity contribution in [3.63, 3.8) is 0 Å². The van der Waals surface area contributed by atoms with Gasteiger partial charge in [-0.05, 0) is 11.8 Å². The van der Waals surface area contributed by atoms with Gasteiger partial charge in [-0.25, -0.2) is 0 Å². The number of aryl methyl sites for hydroxylation is 1. The molecule has 1 aromatic rings. The van der Waals surface area contributed by atoms with Crippen LogP contribution in [-0.4, -0.2) is 21.3 Å². The number of hydrogen-bond acceptors (Lipinski definition) is 4. The van der Waals surface area contributed by atoms with Gasteiger partial charge < -0.3 is 9.52 Å². The Kier molecular flexibility index (Phi) is 5.31. The number of carboxylic acids is 1. The van der Waals surface area contributed by atoms with E-state index in [0.29, 0.717) is 18.2 Å². The lowest BCUT2D eigenvalue weighted by molar-refractivity contribution is -0.139. The Balaban J connectivity index is 2.50. The molecule has 0 fully saturated rings. The molecule has 0 saturated carbocycles. The van der Waals surface area contributed by atoms with Crippen LogP contribution in [-0.2, 0) is 17.6 Å². The molecule has 0 radical (unpaired) electrons. The minimum Gasteiger partial charge on any atom is -0.481 e. The summed E-state index contributed by atoms with van der Waals surface area (Å²) in [5.41, 5.74) is -0.362. The molecule has 0 bridgehead atoms. The van der Waals surface area contributed by atoms with Crippen molar-refractivity contribution in [1.82, 2.24) is 10.2 Å². The lowest BCUT2D eigenvalue weighted by atomic mass is 9.86. The summed E-state index contributed by atoms with van der Waals surface area (Å²) in [5, 5.41) is 16.8. The Morgan fingerprint density at radius 3 is 2.56 bits per heavy atom. The quantitative estimate of drug-likeness (QED) is 0.722. The molecule has 1 heterocycles. The molecule has 0 amide bonds. The second-order valence-corrected chi connectivity index (χ2v) is 5.46. The maximum atomic E-state index is 10.7. The van der Waals surface area contributed by atoms with Gasteiger partial charge in [0.15, 0.2) is 0 Å². The smallest absolute Gasteiger partial charge is 0.303 e. The van der Waals surface area contributed by atoms with E-state index < -0.39 is 5.97 Å². The number of aromatic nitrogens is 2. The molecule has 0 unspecified atom stereocenters. The van der Waals surface area contributed by atoms with E-state index in [9.17, 15) is 4.79 Å². The van der Waals surface area contributed by atoms with Gasteiger partial charge in [0.2, 0.25) is 11.8 Å². The van der Waals surface area contributed by atoms with E-state index in [1.54, 1.807) is 0 Å². The van der Waals surface area contributed by atoms with Crippen LogP contribution in [0.1, 0.15) is 58.2 Å². The summed E-state index contributed by atoms with van der Waals surface area (Å²) in [6, 6.07) is 0. The molecular weight excluding hydrogens is 232 g/mol. The highest BCUT2D eigenvalue weighted by atomic mass is 16.4. The summed E-state index contributed by atoms with van der Waals surface area (Å²) >= 11 is 0. The molecule has 1 rings (SSSR count). The zero-order valence-electron chi connectivity index (χ0n) is 11.4. The Morgan fingerprint density at radius 1 is 1.28 bits per heavy atom. The highest BCUT2D eigenvalue weighted by molar-refractivity contribution is 5.67. The minimum absolute atomic E-state index is 0.0978. The topological polar surface area (TPSA) is 76.2 Å². The fourth-order valence-electron chi connectivity index (χ4n) is 1.87.